The van der Waals surface area contributed by atoms with E-state index in [-0.39, 0.29) is 0 Å². The number of benzene rings is 1. The van der Waals surface area contributed by atoms with Crippen LogP contribution in [0.3, 0.4) is 0 Å². The fourth-order valence-electron chi connectivity index (χ4n) is 4.09. The van der Waals surface area contributed by atoms with Crippen molar-refractivity contribution in [3.63, 3.8) is 0 Å². The molecule has 3 aliphatic rings. The predicted octanol–water partition coefficient (Wildman–Crippen LogP) is 4.17. The molecule has 3 saturated carbocycles. The van der Waals surface area contributed by atoms with Crippen LogP contribution in [-0.2, 0) is 0 Å². The van der Waals surface area contributed by atoms with Gasteiger partial charge in [-0.3, -0.25) is 0 Å². The topological polar surface area (TPSA) is 12.0 Å². The van der Waals surface area contributed by atoms with Crippen molar-refractivity contribution in [3.05, 3.63) is 30.3 Å². The van der Waals surface area contributed by atoms with Gasteiger partial charge in [-0.1, -0.05) is 39.0 Å². The van der Waals surface area contributed by atoms with Gasteiger partial charge in [0, 0.05) is 11.7 Å². The maximum Gasteiger partial charge on any atom is 0.0342 e. The van der Waals surface area contributed by atoms with Crippen LogP contribution < -0.4 is 5.32 Å². The van der Waals surface area contributed by atoms with E-state index in [9.17, 15) is 0 Å². The van der Waals surface area contributed by atoms with Crippen LogP contribution in [0.5, 0.6) is 0 Å². The van der Waals surface area contributed by atoms with Gasteiger partial charge in [-0.2, -0.15) is 0 Å². The van der Waals surface area contributed by atoms with Crippen molar-refractivity contribution in [2.24, 2.45) is 23.2 Å². The Bertz CT molecular complexity index is 395. The van der Waals surface area contributed by atoms with Crippen molar-refractivity contribution < 1.29 is 0 Å². The van der Waals surface area contributed by atoms with E-state index in [1.165, 1.54) is 18.5 Å². The Balaban J connectivity index is 1.71. The average molecular weight is 229 g/mol. The minimum Gasteiger partial charge on any atom is -0.382 e. The van der Waals surface area contributed by atoms with Crippen LogP contribution >= 0.6 is 0 Å². The van der Waals surface area contributed by atoms with E-state index in [1.54, 1.807) is 0 Å². The fourth-order valence-corrected chi connectivity index (χ4v) is 4.09. The Kier molecular flexibility index (Phi) is 2.46. The van der Waals surface area contributed by atoms with Gasteiger partial charge in [0.05, 0.1) is 0 Å². The molecule has 1 nitrogen and oxygen atoms in total. The summed E-state index contributed by atoms with van der Waals surface area (Å²) in [5.74, 6) is 2.66. The van der Waals surface area contributed by atoms with Crippen LogP contribution in [0, 0.1) is 23.2 Å². The lowest BCUT2D eigenvalue weighted by Gasteiger charge is -2.62. The molecule has 1 aromatic rings. The number of fused-ring (bicyclic) bond motifs is 2. The van der Waals surface area contributed by atoms with E-state index in [0.29, 0.717) is 11.5 Å². The second kappa shape index (κ2) is 3.76. The number of hydrogen-bond donors (Lipinski definition) is 1. The number of nitrogens with one attached hydrogen (secondary N) is 1. The minimum atomic E-state index is 0.592. The Labute approximate surface area is 105 Å². The third kappa shape index (κ3) is 1.67. The molecule has 3 fully saturated rings. The molecular weight excluding hydrogens is 206 g/mol. The molecule has 1 heteroatoms. The molecule has 1 aromatic carbocycles. The van der Waals surface area contributed by atoms with E-state index in [0.717, 1.165) is 17.8 Å². The molecule has 92 valence electrons. The summed E-state index contributed by atoms with van der Waals surface area (Å²) in [6.07, 6.45) is 2.81. The molecule has 17 heavy (non-hydrogen) atoms. The van der Waals surface area contributed by atoms with E-state index in [4.69, 9.17) is 0 Å². The van der Waals surface area contributed by atoms with Crippen molar-refractivity contribution in [1.82, 2.24) is 0 Å². The highest BCUT2D eigenvalue weighted by Gasteiger charge is 2.56. The molecule has 0 amide bonds. The van der Waals surface area contributed by atoms with Crippen LogP contribution in [0.25, 0.3) is 0 Å². The summed E-state index contributed by atoms with van der Waals surface area (Å²) in [5, 5.41) is 3.73. The highest BCUT2D eigenvalue weighted by molar-refractivity contribution is 5.44. The summed E-state index contributed by atoms with van der Waals surface area (Å²) >= 11 is 0. The highest BCUT2D eigenvalue weighted by atomic mass is 14.9. The second-order valence-electron chi connectivity index (χ2n) is 6.57. The van der Waals surface area contributed by atoms with E-state index < -0.39 is 0 Å². The first-order chi connectivity index (χ1) is 8.09. The van der Waals surface area contributed by atoms with Gasteiger partial charge in [0.1, 0.15) is 0 Å². The Hall–Kier alpha value is -0.980. The van der Waals surface area contributed by atoms with Gasteiger partial charge in [-0.15, -0.1) is 0 Å². The summed E-state index contributed by atoms with van der Waals surface area (Å²) < 4.78 is 0. The maximum atomic E-state index is 3.73. The van der Waals surface area contributed by atoms with E-state index in [1.807, 2.05) is 0 Å². The number of hydrogen-bond acceptors (Lipinski definition) is 1. The van der Waals surface area contributed by atoms with Gasteiger partial charge in [0.15, 0.2) is 0 Å². The van der Waals surface area contributed by atoms with Crippen LogP contribution in [0.1, 0.15) is 33.6 Å². The van der Waals surface area contributed by atoms with Crippen molar-refractivity contribution >= 4 is 5.69 Å². The van der Waals surface area contributed by atoms with Gasteiger partial charge in [-0.05, 0) is 48.1 Å². The molecule has 0 aromatic heterocycles. The zero-order valence-corrected chi connectivity index (χ0v) is 11.1. The number of rotatable bonds is 2. The van der Waals surface area contributed by atoms with E-state index >= 15 is 0 Å². The molecule has 0 saturated heterocycles. The molecule has 0 aliphatic heterocycles. The van der Waals surface area contributed by atoms with Crippen LogP contribution in [0.15, 0.2) is 30.3 Å². The first kappa shape index (κ1) is 11.1. The van der Waals surface area contributed by atoms with Crippen LogP contribution in [0.2, 0.25) is 0 Å². The monoisotopic (exact) mass is 229 g/mol. The molecular formula is C16H23N. The number of para-hydroxylation sites is 1. The minimum absolute atomic E-state index is 0.592. The van der Waals surface area contributed by atoms with Crippen molar-refractivity contribution in [2.45, 2.75) is 39.7 Å². The molecule has 2 bridgehead atoms. The molecule has 4 rings (SSSR count). The van der Waals surface area contributed by atoms with Gasteiger partial charge >= 0.3 is 0 Å². The largest absolute Gasteiger partial charge is 0.382 e. The third-order valence-corrected chi connectivity index (χ3v) is 5.48. The molecule has 4 atom stereocenters. The van der Waals surface area contributed by atoms with Crippen molar-refractivity contribution in [3.8, 4) is 0 Å². The predicted molar refractivity (Wildman–Crippen MR) is 73.0 cm³/mol. The highest BCUT2D eigenvalue weighted by Crippen LogP contribution is 2.61. The summed E-state index contributed by atoms with van der Waals surface area (Å²) in [4.78, 5) is 0. The number of anilines is 1. The summed E-state index contributed by atoms with van der Waals surface area (Å²) in [5.41, 5.74) is 1.87. The lowest BCUT2D eigenvalue weighted by atomic mass is 9.45. The summed E-state index contributed by atoms with van der Waals surface area (Å²) in [6, 6.07) is 11.3. The third-order valence-electron chi connectivity index (χ3n) is 5.48. The summed E-state index contributed by atoms with van der Waals surface area (Å²) in [7, 11) is 0. The molecule has 0 unspecified atom stereocenters. The van der Waals surface area contributed by atoms with Gasteiger partial charge in [-0.25, -0.2) is 0 Å². The lowest BCUT2D eigenvalue weighted by Crippen LogP contribution is -2.58. The Morgan fingerprint density at radius 2 is 1.82 bits per heavy atom. The van der Waals surface area contributed by atoms with Crippen LogP contribution in [0.4, 0.5) is 5.69 Å². The first-order valence-corrected chi connectivity index (χ1v) is 6.90. The molecule has 1 N–H and O–H groups in total. The molecule has 0 heterocycles. The van der Waals surface area contributed by atoms with E-state index in [2.05, 4.69) is 56.4 Å². The van der Waals surface area contributed by atoms with Crippen LogP contribution in [-0.4, -0.2) is 6.04 Å². The molecule has 0 radical (unpaired) electrons. The zero-order valence-electron chi connectivity index (χ0n) is 11.1. The standard InChI is InChI=1S/C16H23N/c1-11-14-9-12(16(14,2)3)10-15(11)17-13-7-5-4-6-8-13/h4-8,11-12,14-15,17H,9-10H2,1-3H3/t11-,12+,14-,15-/m0/s1. The SMILES string of the molecule is C[C@@H]1[C@@H](Nc2ccccc2)C[C@H]2C[C@@H]1C2(C)C. The molecule has 0 spiro atoms. The summed E-state index contributed by atoms with van der Waals surface area (Å²) in [6.45, 7) is 7.35. The smallest absolute Gasteiger partial charge is 0.0342 e. The Morgan fingerprint density at radius 1 is 1.12 bits per heavy atom. The fraction of sp³-hybridized carbons (Fsp3) is 0.625. The van der Waals surface area contributed by atoms with Crippen molar-refractivity contribution in [1.29, 1.82) is 0 Å². The quantitative estimate of drug-likeness (QED) is 0.802. The van der Waals surface area contributed by atoms with Gasteiger partial charge in [0.2, 0.25) is 0 Å². The first-order valence-electron chi connectivity index (χ1n) is 6.90. The second-order valence-corrected chi connectivity index (χ2v) is 6.57. The lowest BCUT2D eigenvalue weighted by molar-refractivity contribution is -0.105. The average Bonchev–Trinajstić information content (AvgIpc) is 2.32. The van der Waals surface area contributed by atoms with Gasteiger partial charge in [0.25, 0.3) is 0 Å². The Morgan fingerprint density at radius 3 is 2.41 bits per heavy atom. The van der Waals surface area contributed by atoms with Crippen molar-refractivity contribution in [2.75, 3.05) is 5.32 Å². The zero-order chi connectivity index (χ0) is 12.0. The maximum absolute atomic E-state index is 3.73. The molecule has 3 aliphatic carbocycles. The van der Waals surface area contributed by atoms with Gasteiger partial charge < -0.3 is 5.32 Å². The normalized spacial score (nSPS) is 38.3.